The molecular formula is C27H31N3O4S. The molecule has 0 aliphatic rings. The Hall–Kier alpha value is -3.65. The minimum atomic E-state index is -4.11. The summed E-state index contributed by atoms with van der Waals surface area (Å²) in [5.74, 6) is -0.331. The zero-order valence-electron chi connectivity index (χ0n) is 20.4. The first kappa shape index (κ1) is 26.0. The second-order valence-electron chi connectivity index (χ2n) is 8.44. The molecule has 0 aliphatic carbocycles. The minimum absolute atomic E-state index is 0.00593. The molecule has 0 saturated heterocycles. The molecule has 8 heteroatoms. The summed E-state index contributed by atoms with van der Waals surface area (Å²) in [6.45, 7) is 7.86. The highest BCUT2D eigenvalue weighted by Crippen LogP contribution is 2.20. The molecule has 0 fully saturated rings. The van der Waals surface area contributed by atoms with Crippen molar-refractivity contribution in [3.8, 4) is 0 Å². The number of hydrogen-bond donors (Lipinski definition) is 2. The third kappa shape index (κ3) is 6.48. The van der Waals surface area contributed by atoms with Crippen LogP contribution in [-0.4, -0.2) is 32.9 Å². The Morgan fingerprint density at radius 3 is 2.14 bits per heavy atom. The average molecular weight is 494 g/mol. The summed E-state index contributed by atoms with van der Waals surface area (Å²) in [6.07, 6.45) is 0.207. The highest BCUT2D eigenvalue weighted by atomic mass is 32.2. The van der Waals surface area contributed by atoms with Crippen molar-refractivity contribution in [2.45, 2.75) is 45.1 Å². The molecule has 3 rings (SSSR count). The van der Waals surface area contributed by atoms with E-state index in [4.69, 9.17) is 0 Å². The first-order valence-electron chi connectivity index (χ1n) is 11.4. The predicted molar refractivity (Wildman–Crippen MR) is 138 cm³/mol. The van der Waals surface area contributed by atoms with Gasteiger partial charge in [-0.2, -0.15) is 0 Å². The third-order valence-electron chi connectivity index (χ3n) is 5.88. The van der Waals surface area contributed by atoms with Crippen molar-refractivity contribution in [3.63, 3.8) is 0 Å². The second kappa shape index (κ2) is 11.2. The second-order valence-corrected chi connectivity index (χ2v) is 10.1. The van der Waals surface area contributed by atoms with Gasteiger partial charge in [0.05, 0.1) is 4.90 Å². The van der Waals surface area contributed by atoms with Crippen LogP contribution in [0.25, 0.3) is 0 Å². The van der Waals surface area contributed by atoms with Gasteiger partial charge in [0.1, 0.15) is 6.04 Å². The number of nitrogens with one attached hydrogen (secondary N) is 2. The van der Waals surface area contributed by atoms with E-state index in [1.54, 1.807) is 30.0 Å². The number of hydrogen-bond acceptors (Lipinski definition) is 4. The fourth-order valence-electron chi connectivity index (χ4n) is 3.82. The van der Waals surface area contributed by atoms with Crippen LogP contribution in [0.4, 0.5) is 10.5 Å². The SMILES string of the molecule is CCN(C(=O)C(Cc1ccccc1)NC(=O)NS(=O)(=O)c1ccccc1C)c1ccc(C)c(C)c1. The third-order valence-corrected chi connectivity index (χ3v) is 7.37. The molecule has 2 N–H and O–H groups in total. The number of nitrogens with zero attached hydrogens (tertiary/aromatic N) is 1. The van der Waals surface area contributed by atoms with Gasteiger partial charge in [-0.25, -0.2) is 17.9 Å². The standard InChI is InChI=1S/C27H31N3O4S/c1-5-30(23-16-15-19(2)21(4)17-23)26(31)24(18-22-12-7-6-8-13-22)28-27(32)29-35(33,34)25-14-10-9-11-20(25)3/h6-17,24H,5,18H2,1-4H3,(H2,28,29,32). The van der Waals surface area contributed by atoms with Crippen molar-refractivity contribution in [1.29, 1.82) is 0 Å². The number of amides is 3. The number of urea groups is 1. The van der Waals surface area contributed by atoms with Crippen LogP contribution in [0.15, 0.2) is 77.7 Å². The molecule has 1 atom stereocenters. The molecule has 0 heterocycles. The summed E-state index contributed by atoms with van der Waals surface area (Å²) in [6, 6.07) is 19.5. The summed E-state index contributed by atoms with van der Waals surface area (Å²) in [7, 11) is -4.11. The van der Waals surface area contributed by atoms with Gasteiger partial charge in [-0.05, 0) is 68.1 Å². The molecule has 0 aliphatic heterocycles. The van der Waals surface area contributed by atoms with Gasteiger partial charge >= 0.3 is 6.03 Å². The number of sulfonamides is 1. The highest BCUT2D eigenvalue weighted by molar-refractivity contribution is 7.90. The number of benzene rings is 3. The molecule has 7 nitrogen and oxygen atoms in total. The van der Waals surface area contributed by atoms with Gasteiger partial charge in [-0.1, -0.05) is 54.6 Å². The smallest absolute Gasteiger partial charge is 0.325 e. The van der Waals surface area contributed by atoms with Gasteiger partial charge in [0.25, 0.3) is 10.0 Å². The molecule has 0 bridgehead atoms. The maximum atomic E-state index is 13.6. The average Bonchev–Trinajstić information content (AvgIpc) is 2.81. The fraction of sp³-hybridized carbons (Fsp3) is 0.259. The van der Waals surface area contributed by atoms with Crippen molar-refractivity contribution in [1.82, 2.24) is 10.0 Å². The Labute approximate surface area is 207 Å². The topological polar surface area (TPSA) is 95.6 Å². The number of anilines is 1. The van der Waals surface area contributed by atoms with Crippen molar-refractivity contribution in [3.05, 3.63) is 95.1 Å². The lowest BCUT2D eigenvalue weighted by Crippen LogP contribution is -2.53. The van der Waals surface area contributed by atoms with E-state index in [0.717, 1.165) is 16.7 Å². The Bertz CT molecular complexity index is 1310. The number of aryl methyl sites for hydroxylation is 3. The number of carbonyl (C=O) groups excluding carboxylic acids is 2. The summed E-state index contributed by atoms with van der Waals surface area (Å²) in [4.78, 5) is 28.1. The lowest BCUT2D eigenvalue weighted by Gasteiger charge is -2.28. The van der Waals surface area contributed by atoms with Crippen molar-refractivity contribution >= 4 is 27.6 Å². The van der Waals surface area contributed by atoms with Gasteiger partial charge in [-0.15, -0.1) is 0 Å². The summed E-state index contributed by atoms with van der Waals surface area (Å²) >= 11 is 0. The molecule has 35 heavy (non-hydrogen) atoms. The lowest BCUT2D eigenvalue weighted by molar-refractivity contribution is -0.120. The monoisotopic (exact) mass is 493 g/mol. The van der Waals surface area contributed by atoms with E-state index in [2.05, 4.69) is 5.32 Å². The first-order valence-corrected chi connectivity index (χ1v) is 12.9. The fourth-order valence-corrected chi connectivity index (χ4v) is 4.98. The minimum Gasteiger partial charge on any atom is -0.325 e. The molecule has 0 aromatic heterocycles. The van der Waals surface area contributed by atoms with Crippen LogP contribution in [0, 0.1) is 20.8 Å². The van der Waals surface area contributed by atoms with Gasteiger partial charge in [0.15, 0.2) is 0 Å². The number of rotatable bonds is 8. The van der Waals surface area contributed by atoms with Crippen molar-refractivity contribution in [2.24, 2.45) is 0 Å². The summed E-state index contributed by atoms with van der Waals surface area (Å²) in [5.41, 5.74) is 4.22. The van der Waals surface area contributed by atoms with E-state index in [-0.39, 0.29) is 17.2 Å². The van der Waals surface area contributed by atoms with Crippen LogP contribution in [-0.2, 0) is 21.2 Å². The molecule has 3 amide bonds. The maximum Gasteiger partial charge on any atom is 0.329 e. The van der Waals surface area contributed by atoms with Gasteiger partial charge < -0.3 is 10.2 Å². The van der Waals surface area contributed by atoms with E-state index >= 15 is 0 Å². The van der Waals surface area contributed by atoms with Crippen LogP contribution in [0.1, 0.15) is 29.2 Å². The van der Waals surface area contributed by atoms with Gasteiger partial charge in [0, 0.05) is 18.7 Å². The molecule has 3 aromatic rings. The molecule has 0 radical (unpaired) electrons. The summed E-state index contributed by atoms with van der Waals surface area (Å²) in [5, 5.41) is 2.60. The van der Waals surface area contributed by atoms with E-state index in [1.165, 1.54) is 6.07 Å². The number of likely N-dealkylation sites (N-methyl/N-ethyl adjacent to an activating group) is 1. The zero-order chi connectivity index (χ0) is 25.6. The normalized spacial score (nSPS) is 12.0. The van der Waals surface area contributed by atoms with Crippen LogP contribution < -0.4 is 14.9 Å². The van der Waals surface area contributed by atoms with Crippen LogP contribution >= 0.6 is 0 Å². The van der Waals surface area contributed by atoms with Crippen molar-refractivity contribution < 1.29 is 18.0 Å². The van der Waals surface area contributed by atoms with Gasteiger partial charge in [0.2, 0.25) is 5.91 Å². The maximum absolute atomic E-state index is 13.6. The van der Waals surface area contributed by atoms with Crippen LogP contribution in [0.3, 0.4) is 0 Å². The first-order chi connectivity index (χ1) is 16.6. The largest absolute Gasteiger partial charge is 0.329 e. The Kier molecular flexibility index (Phi) is 8.30. The molecule has 0 saturated carbocycles. The predicted octanol–water partition coefficient (Wildman–Crippen LogP) is 4.26. The van der Waals surface area contributed by atoms with E-state index in [1.807, 2.05) is 74.0 Å². The molecule has 184 valence electrons. The summed E-state index contributed by atoms with van der Waals surface area (Å²) < 4.78 is 27.6. The Morgan fingerprint density at radius 1 is 0.857 bits per heavy atom. The van der Waals surface area contributed by atoms with Gasteiger partial charge in [-0.3, -0.25) is 4.79 Å². The molecule has 1 unspecified atom stereocenters. The number of carbonyl (C=O) groups is 2. The van der Waals surface area contributed by atoms with Crippen LogP contribution in [0.2, 0.25) is 0 Å². The Balaban J connectivity index is 1.87. The highest BCUT2D eigenvalue weighted by Gasteiger charge is 2.28. The van der Waals surface area contributed by atoms with E-state index in [0.29, 0.717) is 17.8 Å². The molecular weight excluding hydrogens is 462 g/mol. The zero-order valence-corrected chi connectivity index (χ0v) is 21.2. The Morgan fingerprint density at radius 2 is 1.51 bits per heavy atom. The van der Waals surface area contributed by atoms with E-state index in [9.17, 15) is 18.0 Å². The molecule has 0 spiro atoms. The quantitative estimate of drug-likeness (QED) is 0.490. The van der Waals surface area contributed by atoms with E-state index < -0.39 is 22.1 Å². The van der Waals surface area contributed by atoms with Crippen LogP contribution in [0.5, 0.6) is 0 Å². The molecule has 3 aromatic carbocycles. The van der Waals surface area contributed by atoms with Crippen molar-refractivity contribution in [2.75, 3.05) is 11.4 Å². The lowest BCUT2D eigenvalue weighted by atomic mass is 10.0.